The van der Waals surface area contributed by atoms with Crippen molar-refractivity contribution in [2.24, 2.45) is 0 Å². The highest BCUT2D eigenvalue weighted by Gasteiger charge is 2.29. The van der Waals surface area contributed by atoms with Crippen LogP contribution in [0.2, 0.25) is 0 Å². The fourth-order valence-corrected chi connectivity index (χ4v) is 2.78. The van der Waals surface area contributed by atoms with Gasteiger partial charge in [0.1, 0.15) is 0 Å². The molecule has 0 bridgehead atoms. The zero-order chi connectivity index (χ0) is 17.0. The Labute approximate surface area is 135 Å². The average molecular weight is 341 g/mol. The maximum Gasteiger partial charge on any atom is 0.416 e. The first-order valence-corrected chi connectivity index (χ1v) is 7.56. The van der Waals surface area contributed by atoms with E-state index in [-0.39, 0.29) is 0 Å². The van der Waals surface area contributed by atoms with Gasteiger partial charge in [-0.05, 0) is 35.9 Å². The van der Waals surface area contributed by atoms with Gasteiger partial charge >= 0.3 is 12.1 Å². The summed E-state index contributed by atoms with van der Waals surface area (Å²) in [6.45, 7) is 0. The van der Waals surface area contributed by atoms with Crippen molar-refractivity contribution in [3.05, 3.63) is 59.2 Å². The van der Waals surface area contributed by atoms with Crippen LogP contribution in [-0.4, -0.2) is 13.1 Å². The number of hydrogen-bond acceptors (Lipinski definition) is 4. The first kappa shape index (κ1) is 17.2. The third-order valence-electron chi connectivity index (χ3n) is 3.11. The maximum absolute atomic E-state index is 12.5. The first-order valence-electron chi connectivity index (χ1n) is 6.58. The molecule has 7 heteroatoms. The van der Waals surface area contributed by atoms with Crippen LogP contribution in [-0.2, 0) is 16.7 Å². The van der Waals surface area contributed by atoms with Gasteiger partial charge in [-0.25, -0.2) is 4.79 Å². The molecule has 2 rings (SSSR count). The number of halogens is 3. The molecule has 0 radical (unpaired) electrons. The molecule has 0 heterocycles. The number of alkyl halides is 3. The number of methoxy groups -OCH3 is 1. The van der Waals surface area contributed by atoms with Crippen LogP contribution in [0.4, 0.5) is 18.9 Å². The number of carbonyl (C=O) groups is 1. The molecule has 0 aromatic heterocycles. The van der Waals surface area contributed by atoms with Crippen molar-refractivity contribution in [3.8, 4) is 0 Å². The van der Waals surface area contributed by atoms with Gasteiger partial charge in [0.25, 0.3) is 0 Å². The van der Waals surface area contributed by atoms with Crippen LogP contribution in [0.1, 0.15) is 21.5 Å². The van der Waals surface area contributed by atoms with Crippen LogP contribution in [0.15, 0.2) is 47.4 Å². The van der Waals surface area contributed by atoms with E-state index in [1.807, 2.05) is 0 Å². The quantitative estimate of drug-likeness (QED) is 0.510. The van der Waals surface area contributed by atoms with Gasteiger partial charge in [0.2, 0.25) is 0 Å². The first-order chi connectivity index (χ1) is 10.8. The van der Waals surface area contributed by atoms with E-state index in [9.17, 15) is 18.0 Å². The molecule has 2 aromatic carbocycles. The van der Waals surface area contributed by atoms with Gasteiger partial charge in [-0.3, -0.25) is 0 Å². The smallest absolute Gasteiger partial charge is 0.416 e. The summed E-state index contributed by atoms with van der Waals surface area (Å²) in [5, 5.41) is 0. The summed E-state index contributed by atoms with van der Waals surface area (Å²) >= 11 is 1.38. The van der Waals surface area contributed by atoms with Crippen LogP contribution >= 0.6 is 11.8 Å². The van der Waals surface area contributed by atoms with Crippen LogP contribution in [0.3, 0.4) is 0 Å². The minimum absolute atomic E-state index is 0.351. The number of ether oxygens (including phenoxy) is 1. The van der Waals surface area contributed by atoms with E-state index in [2.05, 4.69) is 4.74 Å². The summed E-state index contributed by atoms with van der Waals surface area (Å²) in [5.74, 6) is -0.00380. The lowest BCUT2D eigenvalue weighted by Crippen LogP contribution is -2.04. The minimum atomic E-state index is -4.33. The number of esters is 1. The lowest BCUT2D eigenvalue weighted by Gasteiger charge is -2.09. The topological polar surface area (TPSA) is 52.3 Å². The average Bonchev–Trinajstić information content (AvgIpc) is 2.52. The second-order valence-electron chi connectivity index (χ2n) is 4.73. The largest absolute Gasteiger partial charge is 0.465 e. The number of carbonyl (C=O) groups excluding carboxylic acids is 1. The molecule has 2 aromatic rings. The number of benzene rings is 2. The predicted octanol–water partition coefficient (Wildman–Crippen LogP) is 4.37. The highest BCUT2D eigenvalue weighted by atomic mass is 32.2. The fourth-order valence-electron chi connectivity index (χ4n) is 1.88. The molecular weight excluding hydrogens is 327 g/mol. The molecule has 0 spiro atoms. The highest BCUT2D eigenvalue weighted by molar-refractivity contribution is 7.98. The van der Waals surface area contributed by atoms with Gasteiger partial charge in [-0.1, -0.05) is 12.1 Å². The Balaban J connectivity index is 2.05. The van der Waals surface area contributed by atoms with Gasteiger partial charge in [0.15, 0.2) is 0 Å². The van der Waals surface area contributed by atoms with Crippen molar-refractivity contribution in [1.82, 2.24) is 0 Å². The number of hydrogen-bond donors (Lipinski definition) is 1. The van der Waals surface area contributed by atoms with Gasteiger partial charge in [0.05, 0.1) is 18.2 Å². The third kappa shape index (κ3) is 4.41. The zero-order valence-corrected chi connectivity index (χ0v) is 13.0. The third-order valence-corrected chi connectivity index (χ3v) is 4.27. The lowest BCUT2D eigenvalue weighted by molar-refractivity contribution is -0.137. The molecule has 0 atom stereocenters. The van der Waals surface area contributed by atoms with Crippen molar-refractivity contribution in [2.75, 3.05) is 12.8 Å². The molecule has 3 nitrogen and oxygen atoms in total. The predicted molar refractivity (Wildman–Crippen MR) is 83.2 cm³/mol. The summed E-state index contributed by atoms with van der Waals surface area (Å²) in [6, 6.07) is 9.79. The summed E-state index contributed by atoms with van der Waals surface area (Å²) < 4.78 is 42.1. The molecular formula is C16H14F3NO2S. The number of thioether (sulfide) groups is 1. The van der Waals surface area contributed by atoms with E-state index in [1.54, 1.807) is 12.1 Å². The van der Waals surface area contributed by atoms with E-state index in [0.717, 1.165) is 22.6 Å². The molecule has 122 valence electrons. The number of rotatable bonds is 4. The molecule has 0 saturated heterocycles. The molecule has 0 fully saturated rings. The Morgan fingerprint density at radius 3 is 2.35 bits per heavy atom. The fraction of sp³-hybridized carbons (Fsp3) is 0.188. The Kier molecular flexibility index (Phi) is 5.20. The van der Waals surface area contributed by atoms with Crippen molar-refractivity contribution < 1.29 is 22.7 Å². The monoisotopic (exact) mass is 341 g/mol. The Bertz CT molecular complexity index is 699. The Morgan fingerprint density at radius 1 is 1.17 bits per heavy atom. The summed E-state index contributed by atoms with van der Waals surface area (Å²) in [6.07, 6.45) is -4.33. The number of nitrogen functional groups attached to an aromatic ring is 1. The van der Waals surface area contributed by atoms with Crippen LogP contribution < -0.4 is 5.73 Å². The Morgan fingerprint density at radius 2 is 1.83 bits per heavy atom. The molecule has 0 aliphatic rings. The van der Waals surface area contributed by atoms with Crippen molar-refractivity contribution in [3.63, 3.8) is 0 Å². The van der Waals surface area contributed by atoms with Gasteiger partial charge in [-0.15, -0.1) is 11.8 Å². The second kappa shape index (κ2) is 6.95. The second-order valence-corrected chi connectivity index (χ2v) is 5.74. The molecule has 0 amide bonds. The van der Waals surface area contributed by atoms with E-state index in [1.165, 1.54) is 37.1 Å². The van der Waals surface area contributed by atoms with Crippen LogP contribution in [0, 0.1) is 0 Å². The standard InChI is InChI=1S/C16H14F3NO2S/c1-22-15(21)11-4-7-14(13(20)8-11)23-9-10-2-5-12(6-3-10)16(17,18)19/h2-8H,9,20H2,1H3. The summed E-state index contributed by atoms with van der Waals surface area (Å²) in [7, 11) is 1.28. The van der Waals surface area contributed by atoms with Gasteiger partial charge < -0.3 is 10.5 Å². The van der Waals surface area contributed by atoms with E-state index < -0.39 is 17.7 Å². The zero-order valence-electron chi connectivity index (χ0n) is 12.2. The molecule has 0 aliphatic carbocycles. The molecule has 0 aliphatic heterocycles. The maximum atomic E-state index is 12.5. The van der Waals surface area contributed by atoms with Crippen molar-refractivity contribution in [2.45, 2.75) is 16.8 Å². The molecule has 0 unspecified atom stereocenters. The minimum Gasteiger partial charge on any atom is -0.465 e. The molecule has 0 saturated carbocycles. The summed E-state index contributed by atoms with van der Waals surface area (Å²) in [4.78, 5) is 12.1. The number of nitrogens with two attached hydrogens (primary N) is 1. The highest BCUT2D eigenvalue weighted by Crippen LogP contribution is 2.32. The lowest BCUT2D eigenvalue weighted by atomic mass is 10.1. The Hall–Kier alpha value is -2.15. The van der Waals surface area contributed by atoms with E-state index >= 15 is 0 Å². The van der Waals surface area contributed by atoms with Crippen molar-refractivity contribution >= 4 is 23.4 Å². The van der Waals surface area contributed by atoms with Gasteiger partial charge in [-0.2, -0.15) is 13.2 Å². The number of anilines is 1. The van der Waals surface area contributed by atoms with Crippen molar-refractivity contribution in [1.29, 1.82) is 0 Å². The molecule has 2 N–H and O–H groups in total. The van der Waals surface area contributed by atoms with Crippen LogP contribution in [0.5, 0.6) is 0 Å². The molecule has 23 heavy (non-hydrogen) atoms. The van der Waals surface area contributed by atoms with E-state index in [4.69, 9.17) is 5.73 Å². The summed E-state index contributed by atoms with van der Waals surface area (Å²) in [5.41, 5.74) is 6.73. The van der Waals surface area contributed by atoms with E-state index in [0.29, 0.717) is 17.0 Å². The van der Waals surface area contributed by atoms with Gasteiger partial charge in [0, 0.05) is 16.3 Å². The van der Waals surface area contributed by atoms with Crippen LogP contribution in [0.25, 0.3) is 0 Å². The normalized spacial score (nSPS) is 11.3. The SMILES string of the molecule is COC(=O)c1ccc(SCc2ccc(C(F)(F)F)cc2)c(N)c1.